The van der Waals surface area contributed by atoms with Crippen LogP contribution in [0.5, 0.6) is 11.9 Å². The Balaban J connectivity index is 1.26. The number of halogens is 6. The summed E-state index contributed by atoms with van der Waals surface area (Å²) in [5.41, 5.74) is -1.85. The van der Waals surface area contributed by atoms with E-state index in [9.17, 15) is 4.39 Å². The molecule has 4 aromatic heterocycles. The molecule has 0 aliphatic carbocycles. The van der Waals surface area contributed by atoms with Crippen LogP contribution in [0.1, 0.15) is 73.6 Å². The monoisotopic (exact) mass is 768 g/mol. The van der Waals surface area contributed by atoms with Crippen LogP contribution in [0.15, 0.2) is 42.6 Å². The maximum absolute atomic E-state index is 15.2. The lowest BCUT2D eigenvalue weighted by Crippen LogP contribution is -2.43. The predicted molar refractivity (Wildman–Crippen MR) is 189 cm³/mol. The summed E-state index contributed by atoms with van der Waals surface area (Å²) < 4.78 is 113. The second kappa shape index (κ2) is 13.4. The van der Waals surface area contributed by atoms with E-state index in [-0.39, 0.29) is 58.1 Å². The van der Waals surface area contributed by atoms with Crippen LogP contribution < -0.4 is 9.47 Å². The van der Waals surface area contributed by atoms with Crippen molar-refractivity contribution in [2.75, 3.05) is 26.3 Å². The van der Waals surface area contributed by atoms with Crippen LogP contribution in [0.25, 0.3) is 38.7 Å². The molecule has 17 heteroatoms. The van der Waals surface area contributed by atoms with Gasteiger partial charge in [-0.25, -0.2) is 22.5 Å². The number of benzene rings is 2. The minimum atomic E-state index is -4.90. The van der Waals surface area contributed by atoms with Gasteiger partial charge in [0, 0.05) is 32.0 Å². The number of aromatic nitrogens is 7. The SMILES string of the molecule is Cc1cc2c(cnn2C2CCCCO2)c(-n2nc(C(F)F)c3c4c(OCc5ccccc5)nc(OC[C@@]56CCCN5C[C@H](F)C6)nc4n(C)c32)c1C(F)(F)F. The minimum absolute atomic E-state index is 0.0126. The summed E-state index contributed by atoms with van der Waals surface area (Å²) in [6, 6.07) is 10.4. The van der Waals surface area contributed by atoms with Crippen molar-refractivity contribution in [3.8, 4) is 17.6 Å². The van der Waals surface area contributed by atoms with E-state index in [1.807, 2.05) is 30.3 Å². The first kappa shape index (κ1) is 35.8. The van der Waals surface area contributed by atoms with Crippen LogP contribution in [-0.2, 0) is 24.6 Å². The number of aryl methyl sites for hydroxylation is 2. The third-order valence-corrected chi connectivity index (χ3v) is 11.3. The smallest absolute Gasteiger partial charge is 0.418 e. The fraction of sp³-hybridized carbons (Fsp3) is 0.474. The Labute approximate surface area is 310 Å². The largest absolute Gasteiger partial charge is 0.472 e. The molecule has 0 spiro atoms. The molecule has 7 heterocycles. The van der Waals surface area contributed by atoms with Crippen LogP contribution in [0.2, 0.25) is 0 Å². The second-order valence-corrected chi connectivity index (χ2v) is 14.8. The molecule has 3 saturated heterocycles. The first-order valence-corrected chi connectivity index (χ1v) is 18.4. The highest BCUT2D eigenvalue weighted by atomic mass is 19.4. The van der Waals surface area contributed by atoms with E-state index >= 15 is 22.0 Å². The fourth-order valence-electron chi connectivity index (χ4n) is 8.82. The molecule has 3 aliphatic heterocycles. The quantitative estimate of drug-likeness (QED) is 0.136. The Morgan fingerprint density at radius 2 is 1.87 bits per heavy atom. The third kappa shape index (κ3) is 5.97. The lowest BCUT2D eigenvalue weighted by Gasteiger charge is -2.30. The zero-order valence-electron chi connectivity index (χ0n) is 30.1. The molecule has 9 rings (SSSR count). The molecule has 11 nitrogen and oxygen atoms in total. The van der Waals surface area contributed by atoms with Crippen molar-refractivity contribution in [3.05, 3.63) is 65.0 Å². The Bertz CT molecular complexity index is 2400. The zero-order valence-corrected chi connectivity index (χ0v) is 30.1. The van der Waals surface area contributed by atoms with Crippen molar-refractivity contribution >= 4 is 33.0 Å². The number of ether oxygens (including phenoxy) is 3. The van der Waals surface area contributed by atoms with Gasteiger partial charge in [-0.2, -0.15) is 33.3 Å². The molecule has 0 amide bonds. The molecule has 1 unspecified atom stereocenters. The number of alkyl halides is 6. The van der Waals surface area contributed by atoms with Gasteiger partial charge in [0.1, 0.15) is 30.7 Å². The van der Waals surface area contributed by atoms with Gasteiger partial charge in [-0.05, 0) is 62.8 Å². The van der Waals surface area contributed by atoms with E-state index in [1.54, 1.807) is 4.68 Å². The highest BCUT2D eigenvalue weighted by Gasteiger charge is 2.49. The molecule has 0 bridgehead atoms. The van der Waals surface area contributed by atoms with Gasteiger partial charge in [-0.15, -0.1) is 0 Å². The first-order chi connectivity index (χ1) is 26.4. The molecular weight excluding hydrogens is 730 g/mol. The Morgan fingerprint density at radius 1 is 1.05 bits per heavy atom. The summed E-state index contributed by atoms with van der Waals surface area (Å²) in [7, 11) is 1.51. The van der Waals surface area contributed by atoms with Crippen molar-refractivity contribution in [1.82, 2.24) is 39.0 Å². The normalized spacial score (nSPS) is 22.1. The Morgan fingerprint density at radius 3 is 2.62 bits per heavy atom. The molecule has 0 saturated carbocycles. The van der Waals surface area contributed by atoms with E-state index in [4.69, 9.17) is 14.2 Å². The van der Waals surface area contributed by atoms with Crippen molar-refractivity contribution < 1.29 is 40.6 Å². The second-order valence-electron chi connectivity index (χ2n) is 14.8. The lowest BCUT2D eigenvalue weighted by atomic mass is 9.95. The summed E-state index contributed by atoms with van der Waals surface area (Å²) in [5, 5.41) is 8.62. The molecule has 2 aromatic carbocycles. The molecule has 0 N–H and O–H groups in total. The van der Waals surface area contributed by atoms with E-state index in [2.05, 4.69) is 25.1 Å². The maximum Gasteiger partial charge on any atom is 0.418 e. The summed E-state index contributed by atoms with van der Waals surface area (Å²) in [5.74, 6) is -0.112. The summed E-state index contributed by atoms with van der Waals surface area (Å²) in [4.78, 5) is 11.3. The summed E-state index contributed by atoms with van der Waals surface area (Å²) >= 11 is 0. The van der Waals surface area contributed by atoms with Gasteiger partial charge >= 0.3 is 12.2 Å². The molecule has 3 atom stereocenters. The number of hydrogen-bond donors (Lipinski definition) is 0. The number of nitrogens with zero attached hydrogens (tertiary/aromatic N) is 8. The van der Waals surface area contributed by atoms with Crippen LogP contribution in [0.4, 0.5) is 26.3 Å². The topological polar surface area (TPSA) is 97.3 Å². The van der Waals surface area contributed by atoms with E-state index in [1.165, 1.54) is 30.8 Å². The maximum atomic E-state index is 15.2. The first-order valence-electron chi connectivity index (χ1n) is 18.4. The molecule has 3 aliphatic rings. The summed E-state index contributed by atoms with van der Waals surface area (Å²) in [6.45, 7) is 2.92. The Hall–Kier alpha value is -4.90. The van der Waals surface area contributed by atoms with Crippen molar-refractivity contribution in [2.45, 2.75) is 82.6 Å². The van der Waals surface area contributed by atoms with Gasteiger partial charge in [0.15, 0.2) is 11.9 Å². The van der Waals surface area contributed by atoms with Gasteiger partial charge in [-0.3, -0.25) is 4.90 Å². The van der Waals surface area contributed by atoms with E-state index in [0.717, 1.165) is 42.5 Å². The standard InChI is InChI=1S/C38H38F6N8O3/c1-21-15-25-24(17-45-51(25)26-11-6-7-14-53-26)31(29(21)38(42,43)44)52-35-27(30(48-52)32(40)41)28-33(49(35)2)46-36(47-34(28)54-19-22-9-4-3-5-10-22)55-20-37-12-8-13-50(37)18-23(39)16-37/h3-5,9-10,15,17,23,26,32H,6-8,11-14,16,18-20H2,1-2H3/t23-,26?,37+/m1/s1. The van der Waals surface area contributed by atoms with E-state index < -0.39 is 47.5 Å². The van der Waals surface area contributed by atoms with Crippen molar-refractivity contribution in [3.63, 3.8) is 0 Å². The van der Waals surface area contributed by atoms with Crippen molar-refractivity contribution in [2.24, 2.45) is 7.05 Å². The Kier molecular flexibility index (Phi) is 8.71. The van der Waals surface area contributed by atoms with Crippen LogP contribution in [0, 0.1) is 6.92 Å². The van der Waals surface area contributed by atoms with Gasteiger partial charge in [0.25, 0.3) is 6.43 Å². The molecular formula is C38H38F6N8O3. The van der Waals surface area contributed by atoms with Gasteiger partial charge in [0.05, 0.1) is 39.3 Å². The van der Waals surface area contributed by atoms with Crippen LogP contribution >= 0.6 is 0 Å². The van der Waals surface area contributed by atoms with Crippen LogP contribution in [-0.4, -0.2) is 77.0 Å². The lowest BCUT2D eigenvalue weighted by molar-refractivity contribution is -0.137. The average Bonchev–Trinajstić information content (AvgIpc) is 3.96. The predicted octanol–water partition coefficient (Wildman–Crippen LogP) is 8.16. The average molecular weight is 769 g/mol. The molecule has 6 aromatic rings. The van der Waals surface area contributed by atoms with Gasteiger partial charge < -0.3 is 18.8 Å². The molecule has 290 valence electrons. The zero-order chi connectivity index (χ0) is 38.2. The highest BCUT2D eigenvalue weighted by Crippen LogP contribution is 2.46. The number of fused-ring (bicyclic) bond motifs is 5. The van der Waals surface area contributed by atoms with Crippen molar-refractivity contribution in [1.29, 1.82) is 0 Å². The fourth-order valence-corrected chi connectivity index (χ4v) is 8.82. The molecule has 3 fully saturated rings. The molecule has 0 radical (unpaired) electrons. The minimum Gasteiger partial charge on any atom is -0.472 e. The number of rotatable bonds is 9. The van der Waals surface area contributed by atoms with Crippen LogP contribution in [0.3, 0.4) is 0 Å². The summed E-state index contributed by atoms with van der Waals surface area (Å²) in [6.07, 6.45) is -4.09. The van der Waals surface area contributed by atoms with Gasteiger partial charge in [0.2, 0.25) is 5.88 Å². The highest BCUT2D eigenvalue weighted by molar-refractivity contribution is 6.10. The van der Waals surface area contributed by atoms with E-state index in [0.29, 0.717) is 31.5 Å². The third-order valence-electron chi connectivity index (χ3n) is 11.3. The molecule has 55 heavy (non-hydrogen) atoms. The number of hydrogen-bond acceptors (Lipinski definition) is 8. The van der Waals surface area contributed by atoms with Gasteiger partial charge in [-0.1, -0.05) is 30.3 Å².